The zero-order chi connectivity index (χ0) is 54.2. The van der Waals surface area contributed by atoms with E-state index < -0.39 is 161 Å². The van der Waals surface area contributed by atoms with Gasteiger partial charge in [-0.3, -0.25) is 0 Å². The Morgan fingerprint density at radius 3 is 1.79 bits per heavy atom. The van der Waals surface area contributed by atoms with E-state index in [0.29, 0.717) is 43.4 Å². The molecule has 0 radical (unpaired) electrons. The van der Waals surface area contributed by atoms with Gasteiger partial charge in [0, 0.05) is 12.3 Å². The molecule has 24 nitrogen and oxygen atoms in total. The van der Waals surface area contributed by atoms with Gasteiger partial charge < -0.3 is 119 Å². The molecule has 3 saturated carbocycles. The minimum Gasteiger partial charge on any atom is -0.394 e. The first-order valence-corrected chi connectivity index (χ1v) is 27.1. The maximum absolute atomic E-state index is 12.1. The third-order valence-corrected chi connectivity index (χ3v) is 19.5. The molecule has 75 heavy (non-hydrogen) atoms. The first-order chi connectivity index (χ1) is 35.5. The maximum Gasteiger partial charge on any atom is 0.187 e. The number of hydrogen-bond acceptors (Lipinski definition) is 24. The Morgan fingerprint density at radius 1 is 0.613 bits per heavy atom. The van der Waals surface area contributed by atoms with Crippen LogP contribution >= 0.6 is 0 Å². The van der Waals surface area contributed by atoms with Crippen LogP contribution in [-0.2, 0) is 42.6 Å². The molecule has 0 aromatic carbocycles. The van der Waals surface area contributed by atoms with Gasteiger partial charge in [0.2, 0.25) is 0 Å². The molecule has 0 spiro atoms. The van der Waals surface area contributed by atoms with Gasteiger partial charge in [-0.2, -0.15) is 0 Å². The molecule has 31 atom stereocenters. The number of hydrogen-bond donors (Lipinski definition) is 15. The molecule has 0 bridgehead atoms. The van der Waals surface area contributed by atoms with E-state index in [0.717, 1.165) is 32.1 Å². The highest BCUT2D eigenvalue weighted by Crippen LogP contribution is 2.70. The molecule has 0 amide bonds. The molecule has 15 N–H and O–H groups in total. The first kappa shape index (κ1) is 58.4. The van der Waals surface area contributed by atoms with E-state index in [1.54, 1.807) is 0 Å². The smallest absolute Gasteiger partial charge is 0.187 e. The van der Waals surface area contributed by atoms with Crippen molar-refractivity contribution >= 4 is 0 Å². The average molecular weight is 1080 g/mol. The lowest BCUT2D eigenvalue weighted by molar-refractivity contribution is -0.390. The van der Waals surface area contributed by atoms with Gasteiger partial charge >= 0.3 is 0 Å². The van der Waals surface area contributed by atoms with E-state index in [4.69, 9.17) is 42.6 Å². The van der Waals surface area contributed by atoms with Crippen molar-refractivity contribution in [2.45, 2.75) is 226 Å². The second kappa shape index (κ2) is 23.0. The van der Waals surface area contributed by atoms with Crippen LogP contribution in [-0.4, -0.2) is 250 Å². The van der Waals surface area contributed by atoms with Crippen LogP contribution in [0.1, 0.15) is 85.5 Å². The minimum absolute atomic E-state index is 0.0569. The molecule has 5 saturated heterocycles. The Morgan fingerprint density at radius 2 is 1.15 bits per heavy atom. The molecule has 9 aliphatic rings. The summed E-state index contributed by atoms with van der Waals surface area (Å²) in [5, 5.41) is 159. The zero-order valence-electron chi connectivity index (χ0n) is 43.0. The fourth-order valence-electron chi connectivity index (χ4n) is 15.0. The van der Waals surface area contributed by atoms with E-state index in [9.17, 15) is 76.6 Å². The third-order valence-electron chi connectivity index (χ3n) is 19.5. The van der Waals surface area contributed by atoms with Crippen LogP contribution in [0, 0.1) is 46.3 Å². The predicted octanol–water partition coefficient (Wildman–Crippen LogP) is -4.03. The fourth-order valence-corrected chi connectivity index (χ4v) is 15.0. The Balaban J connectivity index is 0.798. The number of ether oxygens (including phenoxy) is 9. The van der Waals surface area contributed by atoms with Crippen LogP contribution in [0.5, 0.6) is 0 Å². The van der Waals surface area contributed by atoms with Gasteiger partial charge in [-0.05, 0) is 91.8 Å². The van der Waals surface area contributed by atoms with Gasteiger partial charge in [0.05, 0.1) is 45.2 Å². The molecule has 5 heterocycles. The lowest BCUT2D eigenvalue weighted by atomic mass is 9.47. The first-order valence-electron chi connectivity index (χ1n) is 27.1. The summed E-state index contributed by atoms with van der Waals surface area (Å²) < 4.78 is 53.4. The van der Waals surface area contributed by atoms with Crippen molar-refractivity contribution in [1.82, 2.24) is 0 Å². The van der Waals surface area contributed by atoms with Gasteiger partial charge in [-0.15, -0.1) is 0 Å². The van der Waals surface area contributed by atoms with Crippen molar-refractivity contribution < 1.29 is 119 Å². The second-order valence-electron chi connectivity index (χ2n) is 23.8. The lowest BCUT2D eigenvalue weighted by Gasteiger charge is -2.58. The maximum atomic E-state index is 12.1. The van der Waals surface area contributed by atoms with Gasteiger partial charge in [0.25, 0.3) is 0 Å². The number of rotatable bonds is 16. The SMILES string of the molecule is C[C@@H](CC[C@@]1(O)O[C@H]2C[C@H]3[C@@H]4CC=C5C[C@@H](O[C@@H]6O[C@H](CO)[C@@H](O[C@@H]7O[C@H](CO)[C@@H](O)[C@H](O)[C@H]7O[C@@H]7O[C@H](CO)[C@@H](O)[C@H](O)[C@H]7O)[C@H](O)[C@H]6O)CC[C@]5(C)[C@H]4CC[C@]3(C)[C@H]2[C@@H]1C)CO[C@@H]1O[C@H](CO)[C@@H](O)[C@H](O)[C@H]1O. The molecule has 9 rings (SSSR count). The van der Waals surface area contributed by atoms with Crippen LogP contribution in [0.25, 0.3) is 0 Å². The number of aliphatic hydroxyl groups excluding tert-OH is 14. The largest absolute Gasteiger partial charge is 0.394 e. The van der Waals surface area contributed by atoms with Gasteiger partial charge in [0.1, 0.15) is 97.7 Å². The summed E-state index contributed by atoms with van der Waals surface area (Å²) in [7, 11) is 0. The molecular weight excluding hydrogens is 997 g/mol. The molecule has 4 aliphatic carbocycles. The fraction of sp³-hybridized carbons (Fsp3) is 0.961. The Kier molecular flexibility index (Phi) is 17.9. The molecule has 0 aromatic heterocycles. The lowest BCUT2D eigenvalue weighted by Crippen LogP contribution is -2.67. The summed E-state index contributed by atoms with van der Waals surface area (Å²) in [6, 6.07) is 0. The third kappa shape index (κ3) is 10.6. The highest BCUT2D eigenvalue weighted by atomic mass is 16.8. The van der Waals surface area contributed by atoms with E-state index in [1.165, 1.54) is 5.57 Å². The Hall–Kier alpha value is -1.22. The normalized spacial score (nSPS) is 54.3. The quantitative estimate of drug-likeness (QED) is 0.0655. The Bertz CT molecular complexity index is 1930. The average Bonchev–Trinajstić information content (AvgIpc) is 3.83. The minimum atomic E-state index is -1.92. The molecule has 432 valence electrons. The number of allylic oxidation sites excluding steroid dienone is 1. The van der Waals surface area contributed by atoms with Crippen molar-refractivity contribution in [2.75, 3.05) is 33.0 Å². The molecular formula is C51H84O24. The highest BCUT2D eigenvalue weighted by molar-refractivity contribution is 5.26. The van der Waals surface area contributed by atoms with Crippen molar-refractivity contribution in [1.29, 1.82) is 0 Å². The van der Waals surface area contributed by atoms with E-state index in [-0.39, 0.29) is 41.3 Å². The van der Waals surface area contributed by atoms with Crippen LogP contribution in [0.15, 0.2) is 11.6 Å². The standard InChI is InChI=1S/C51H84O24/c1-20(19-67-45-40(63)36(59)33(56)28(15-52)69-45)7-12-51(66)21(2)32-27(75-51)14-26-24-6-5-22-13-23(8-10-49(22,3)25(24)9-11-50(26,32)4)68-46-42(65)39(62)43(31(18-55)72-46)73-48-44(38(61)35(58)30(17-54)71-48)74-47-41(64)37(60)34(57)29(16-53)70-47/h5,20-21,23-48,52-66H,6-19H2,1-4H3/t20-,21-,23-,24+,25-,26-,27-,28+,29+,30+,31+,32-,33+,34+,35+,36-,37-,38-,39+,40+,41+,42+,43+,44+,45+,46+,47-,48-,49-,50-,51+/m0/s1. The van der Waals surface area contributed by atoms with Crippen molar-refractivity contribution in [3.8, 4) is 0 Å². The summed E-state index contributed by atoms with van der Waals surface area (Å²) in [5.41, 5.74) is 1.08. The van der Waals surface area contributed by atoms with Crippen molar-refractivity contribution in [3.63, 3.8) is 0 Å². The second-order valence-corrected chi connectivity index (χ2v) is 23.8. The number of fused-ring (bicyclic) bond motifs is 7. The molecule has 24 heteroatoms. The Labute approximate surface area is 435 Å². The summed E-state index contributed by atoms with van der Waals surface area (Å²) in [4.78, 5) is 0. The number of aliphatic hydroxyl groups is 15. The molecule has 5 aliphatic heterocycles. The van der Waals surface area contributed by atoms with Crippen LogP contribution in [0.3, 0.4) is 0 Å². The van der Waals surface area contributed by atoms with Gasteiger partial charge in [-0.25, -0.2) is 0 Å². The van der Waals surface area contributed by atoms with Crippen molar-refractivity contribution in [3.05, 3.63) is 11.6 Å². The molecule has 8 fully saturated rings. The summed E-state index contributed by atoms with van der Waals surface area (Å²) in [5.74, 6) is -0.225. The molecule has 0 aromatic rings. The summed E-state index contributed by atoms with van der Waals surface area (Å²) in [6.07, 6.45) is -23.7. The topological polar surface area (TPSA) is 387 Å². The summed E-state index contributed by atoms with van der Waals surface area (Å²) >= 11 is 0. The van der Waals surface area contributed by atoms with E-state index in [1.807, 2.05) is 6.92 Å². The zero-order valence-corrected chi connectivity index (χ0v) is 43.0. The van der Waals surface area contributed by atoms with E-state index >= 15 is 0 Å². The van der Waals surface area contributed by atoms with Gasteiger partial charge in [0.15, 0.2) is 30.9 Å². The van der Waals surface area contributed by atoms with E-state index in [2.05, 4.69) is 26.8 Å². The molecule has 0 unspecified atom stereocenters. The highest BCUT2D eigenvalue weighted by Gasteiger charge is 2.68. The monoisotopic (exact) mass is 1080 g/mol. The van der Waals surface area contributed by atoms with Gasteiger partial charge in [-0.1, -0.05) is 39.3 Å². The van der Waals surface area contributed by atoms with Crippen LogP contribution in [0.2, 0.25) is 0 Å². The van der Waals surface area contributed by atoms with Crippen LogP contribution < -0.4 is 0 Å². The predicted molar refractivity (Wildman–Crippen MR) is 252 cm³/mol. The van der Waals surface area contributed by atoms with Crippen LogP contribution in [0.4, 0.5) is 0 Å². The van der Waals surface area contributed by atoms with Crippen molar-refractivity contribution in [2.24, 2.45) is 46.3 Å². The summed E-state index contributed by atoms with van der Waals surface area (Å²) in [6.45, 7) is 6.02.